The largest absolute Gasteiger partial charge is 0.465 e. The molecule has 1 aliphatic rings. The number of methoxy groups -OCH3 is 1. The number of fused-ring (bicyclic) bond motifs is 2. The SMILES string of the molecule is COC(=O)c1ccc2[nH]cc(/C=C3/C(=O)Nc4ccccc43)c2c1. The Hall–Kier alpha value is -3.34. The monoisotopic (exact) mass is 318 g/mol. The lowest BCUT2D eigenvalue weighted by Gasteiger charge is -2.01. The highest BCUT2D eigenvalue weighted by Gasteiger charge is 2.23. The van der Waals surface area contributed by atoms with E-state index in [1.807, 2.05) is 42.6 Å². The van der Waals surface area contributed by atoms with E-state index in [4.69, 9.17) is 4.74 Å². The summed E-state index contributed by atoms with van der Waals surface area (Å²) in [6.45, 7) is 0. The van der Waals surface area contributed by atoms with E-state index in [0.29, 0.717) is 11.1 Å². The molecule has 4 rings (SSSR count). The van der Waals surface area contributed by atoms with E-state index in [2.05, 4.69) is 10.3 Å². The molecule has 2 N–H and O–H groups in total. The van der Waals surface area contributed by atoms with Gasteiger partial charge >= 0.3 is 5.97 Å². The van der Waals surface area contributed by atoms with E-state index in [1.54, 1.807) is 12.1 Å². The second-order valence-corrected chi connectivity index (χ2v) is 5.55. The van der Waals surface area contributed by atoms with Crippen LogP contribution in [0.5, 0.6) is 0 Å². The number of amides is 1. The predicted molar refractivity (Wildman–Crippen MR) is 92.6 cm³/mol. The van der Waals surface area contributed by atoms with Crippen LogP contribution >= 0.6 is 0 Å². The molecule has 1 amide bonds. The molecule has 5 nitrogen and oxygen atoms in total. The first-order valence-electron chi connectivity index (χ1n) is 7.49. The fraction of sp³-hybridized carbons (Fsp3) is 0.0526. The number of para-hydroxylation sites is 1. The van der Waals surface area contributed by atoms with Crippen molar-refractivity contribution < 1.29 is 14.3 Å². The minimum Gasteiger partial charge on any atom is -0.465 e. The Morgan fingerprint density at radius 1 is 1.17 bits per heavy atom. The molecule has 1 aliphatic heterocycles. The lowest BCUT2D eigenvalue weighted by atomic mass is 10.0. The molecular formula is C19H14N2O3. The number of benzene rings is 2. The van der Waals surface area contributed by atoms with Crippen molar-refractivity contribution in [1.82, 2.24) is 4.98 Å². The highest BCUT2D eigenvalue weighted by atomic mass is 16.5. The van der Waals surface area contributed by atoms with Crippen molar-refractivity contribution in [2.45, 2.75) is 0 Å². The number of hydrogen-bond donors (Lipinski definition) is 2. The number of aromatic amines is 1. The van der Waals surface area contributed by atoms with Crippen LogP contribution in [0.3, 0.4) is 0 Å². The molecule has 24 heavy (non-hydrogen) atoms. The van der Waals surface area contributed by atoms with Crippen molar-refractivity contribution in [3.63, 3.8) is 0 Å². The topological polar surface area (TPSA) is 71.2 Å². The van der Waals surface area contributed by atoms with E-state index in [1.165, 1.54) is 7.11 Å². The minimum atomic E-state index is -0.388. The Balaban J connectivity index is 1.85. The van der Waals surface area contributed by atoms with Gasteiger partial charge in [-0.3, -0.25) is 4.79 Å². The van der Waals surface area contributed by atoms with Gasteiger partial charge < -0.3 is 15.0 Å². The molecule has 0 atom stereocenters. The van der Waals surface area contributed by atoms with Gasteiger partial charge in [0, 0.05) is 39.5 Å². The van der Waals surface area contributed by atoms with Crippen molar-refractivity contribution in [1.29, 1.82) is 0 Å². The van der Waals surface area contributed by atoms with Crippen LogP contribution in [0.25, 0.3) is 22.6 Å². The summed E-state index contributed by atoms with van der Waals surface area (Å²) in [5.74, 6) is -0.518. The number of ether oxygens (including phenoxy) is 1. The average Bonchev–Trinajstić information content (AvgIpc) is 3.15. The second kappa shape index (κ2) is 5.38. The first kappa shape index (κ1) is 14.3. The third-order valence-electron chi connectivity index (χ3n) is 4.14. The normalized spacial score (nSPS) is 14.7. The van der Waals surface area contributed by atoms with E-state index in [-0.39, 0.29) is 11.9 Å². The van der Waals surface area contributed by atoms with Gasteiger partial charge in [-0.05, 0) is 30.3 Å². The van der Waals surface area contributed by atoms with Crippen LogP contribution in [0.15, 0.2) is 48.7 Å². The smallest absolute Gasteiger partial charge is 0.337 e. The van der Waals surface area contributed by atoms with Crippen LogP contribution in [0.1, 0.15) is 21.5 Å². The molecule has 0 unspecified atom stereocenters. The third-order valence-corrected chi connectivity index (χ3v) is 4.14. The number of carbonyl (C=O) groups is 2. The number of hydrogen-bond acceptors (Lipinski definition) is 3. The van der Waals surface area contributed by atoms with Gasteiger partial charge in [0.15, 0.2) is 0 Å². The maximum Gasteiger partial charge on any atom is 0.337 e. The van der Waals surface area contributed by atoms with Crippen LogP contribution < -0.4 is 5.32 Å². The summed E-state index contributed by atoms with van der Waals surface area (Å²) in [6.07, 6.45) is 3.66. The molecule has 0 radical (unpaired) electrons. The molecule has 5 heteroatoms. The molecule has 0 saturated carbocycles. The molecule has 0 bridgehead atoms. The zero-order valence-corrected chi connectivity index (χ0v) is 12.9. The number of H-pyrrole nitrogens is 1. The number of esters is 1. The highest BCUT2D eigenvalue weighted by Crippen LogP contribution is 2.34. The van der Waals surface area contributed by atoms with Gasteiger partial charge in [-0.25, -0.2) is 4.79 Å². The molecule has 118 valence electrons. The van der Waals surface area contributed by atoms with Crippen LogP contribution in [0, 0.1) is 0 Å². The Labute approximate surface area is 137 Å². The molecule has 0 spiro atoms. The fourth-order valence-corrected chi connectivity index (χ4v) is 2.94. The van der Waals surface area contributed by atoms with Gasteiger partial charge in [0.05, 0.1) is 12.7 Å². The summed E-state index contributed by atoms with van der Waals surface area (Å²) >= 11 is 0. The zero-order chi connectivity index (χ0) is 16.7. The summed E-state index contributed by atoms with van der Waals surface area (Å²) in [6, 6.07) is 12.9. The van der Waals surface area contributed by atoms with Gasteiger partial charge in [-0.15, -0.1) is 0 Å². The number of rotatable bonds is 2. The molecule has 0 saturated heterocycles. The summed E-state index contributed by atoms with van der Waals surface area (Å²) in [5, 5.41) is 3.72. The highest BCUT2D eigenvalue weighted by molar-refractivity contribution is 6.35. The van der Waals surface area contributed by atoms with Gasteiger partial charge in [-0.1, -0.05) is 18.2 Å². The molecule has 0 fully saturated rings. The Morgan fingerprint density at radius 2 is 2.00 bits per heavy atom. The summed E-state index contributed by atoms with van der Waals surface area (Å²) in [4.78, 5) is 27.1. The van der Waals surface area contributed by atoms with Gasteiger partial charge in [-0.2, -0.15) is 0 Å². The van der Waals surface area contributed by atoms with Crippen LogP contribution in [-0.4, -0.2) is 24.0 Å². The van der Waals surface area contributed by atoms with E-state index in [0.717, 1.165) is 27.7 Å². The molecular weight excluding hydrogens is 304 g/mol. The number of nitrogens with one attached hydrogen (secondary N) is 2. The molecule has 0 aliphatic carbocycles. The maximum atomic E-state index is 12.3. The number of anilines is 1. The van der Waals surface area contributed by atoms with E-state index in [9.17, 15) is 9.59 Å². The lowest BCUT2D eigenvalue weighted by molar-refractivity contribution is -0.110. The quantitative estimate of drug-likeness (QED) is 0.561. The van der Waals surface area contributed by atoms with Gasteiger partial charge in [0.2, 0.25) is 0 Å². The molecule has 1 aromatic heterocycles. The Kier molecular flexibility index (Phi) is 3.20. The van der Waals surface area contributed by atoms with Crippen molar-refractivity contribution in [2.24, 2.45) is 0 Å². The number of aromatic nitrogens is 1. The van der Waals surface area contributed by atoms with Gasteiger partial charge in [0.1, 0.15) is 0 Å². The standard InChI is InChI=1S/C19H14N2O3/c1-24-19(23)11-6-7-16-14(8-11)12(10-20-16)9-15-13-4-2-3-5-17(13)21-18(15)22/h2-10,20H,1H3,(H,21,22)/b15-9+. The first-order chi connectivity index (χ1) is 11.7. The Morgan fingerprint density at radius 3 is 2.83 bits per heavy atom. The zero-order valence-electron chi connectivity index (χ0n) is 12.9. The fourth-order valence-electron chi connectivity index (χ4n) is 2.94. The first-order valence-corrected chi connectivity index (χ1v) is 7.49. The molecule has 2 heterocycles. The summed E-state index contributed by atoms with van der Waals surface area (Å²) < 4.78 is 4.77. The summed E-state index contributed by atoms with van der Waals surface area (Å²) in [7, 11) is 1.35. The van der Waals surface area contributed by atoms with Gasteiger partial charge in [0.25, 0.3) is 5.91 Å². The number of carbonyl (C=O) groups excluding carboxylic acids is 2. The Bertz CT molecular complexity index is 1010. The average molecular weight is 318 g/mol. The lowest BCUT2D eigenvalue weighted by Crippen LogP contribution is -2.03. The van der Waals surface area contributed by atoms with Crippen molar-refractivity contribution in [3.8, 4) is 0 Å². The van der Waals surface area contributed by atoms with Crippen molar-refractivity contribution >= 4 is 40.1 Å². The van der Waals surface area contributed by atoms with E-state index >= 15 is 0 Å². The van der Waals surface area contributed by atoms with Crippen LogP contribution in [0.4, 0.5) is 5.69 Å². The van der Waals surface area contributed by atoms with Crippen molar-refractivity contribution in [3.05, 3.63) is 65.4 Å². The molecule has 2 aromatic carbocycles. The van der Waals surface area contributed by atoms with Crippen molar-refractivity contribution in [2.75, 3.05) is 12.4 Å². The minimum absolute atomic E-state index is 0.130. The van der Waals surface area contributed by atoms with Crippen LogP contribution in [-0.2, 0) is 9.53 Å². The predicted octanol–water partition coefficient (Wildman–Crippen LogP) is 3.45. The second-order valence-electron chi connectivity index (χ2n) is 5.55. The summed E-state index contributed by atoms with van der Waals surface area (Å²) in [5.41, 5.74) is 4.50. The molecule has 3 aromatic rings. The third kappa shape index (κ3) is 2.18. The maximum absolute atomic E-state index is 12.3. The van der Waals surface area contributed by atoms with Crippen LogP contribution in [0.2, 0.25) is 0 Å². The van der Waals surface area contributed by atoms with E-state index < -0.39 is 0 Å².